The van der Waals surface area contributed by atoms with Crippen molar-refractivity contribution in [2.45, 2.75) is 0 Å². The summed E-state index contributed by atoms with van der Waals surface area (Å²) < 4.78 is 32.9. The molecule has 0 unspecified atom stereocenters. The minimum Gasteiger partial charge on any atom is -0.493 e. The Bertz CT molecular complexity index is 905. The van der Waals surface area contributed by atoms with E-state index in [4.69, 9.17) is 28.4 Å². The maximum absolute atomic E-state index is 5.86. The Hall–Kier alpha value is -2.90. The molecule has 0 radical (unpaired) electrons. The molecule has 0 aliphatic carbocycles. The number of ether oxygens (including phenoxy) is 6. The van der Waals surface area contributed by atoms with Crippen molar-refractivity contribution in [1.82, 2.24) is 4.98 Å². The highest BCUT2D eigenvalue weighted by Crippen LogP contribution is 2.51. The number of nitrogens with one attached hydrogen (secondary N) is 1. The van der Waals surface area contributed by atoms with Crippen LogP contribution in [0.2, 0.25) is 0 Å². The summed E-state index contributed by atoms with van der Waals surface area (Å²) in [6, 6.07) is 9.69. The number of hydrogen-bond donors (Lipinski definition) is 1. The molecule has 144 valence electrons. The van der Waals surface area contributed by atoms with Crippen LogP contribution in [0.1, 0.15) is 0 Å². The van der Waals surface area contributed by atoms with E-state index in [2.05, 4.69) is 4.98 Å². The number of aromatic amines is 1. The van der Waals surface area contributed by atoms with E-state index < -0.39 is 0 Å². The molecule has 3 aromatic rings. The van der Waals surface area contributed by atoms with Crippen molar-refractivity contribution < 1.29 is 28.4 Å². The summed E-state index contributed by atoms with van der Waals surface area (Å²) in [5.74, 6) is 2.01. The van der Waals surface area contributed by atoms with E-state index in [1.165, 1.54) is 0 Å². The first kappa shape index (κ1) is 18.9. The number of rotatable bonds is 9. The van der Waals surface area contributed by atoms with Gasteiger partial charge in [-0.05, 0) is 6.07 Å². The quantitative estimate of drug-likeness (QED) is 0.575. The highest BCUT2D eigenvalue weighted by Gasteiger charge is 2.25. The number of benzene rings is 2. The molecule has 0 atom stereocenters. The maximum Gasteiger partial charge on any atom is 0.188 e. The molecule has 0 spiro atoms. The molecule has 7 heteroatoms. The number of fused-ring (bicyclic) bond motifs is 1. The molecular weight excluding hydrogens is 350 g/mol. The Morgan fingerprint density at radius 1 is 0.815 bits per heavy atom. The first-order valence-corrected chi connectivity index (χ1v) is 8.34. The first-order chi connectivity index (χ1) is 13.2. The molecule has 0 saturated carbocycles. The molecule has 0 amide bonds. The van der Waals surface area contributed by atoms with Crippen LogP contribution in [0.25, 0.3) is 22.0 Å². The number of hydrogen-bond acceptors (Lipinski definition) is 6. The van der Waals surface area contributed by atoms with Gasteiger partial charge < -0.3 is 33.4 Å². The molecule has 0 bridgehead atoms. The van der Waals surface area contributed by atoms with Crippen LogP contribution in [0.4, 0.5) is 0 Å². The highest BCUT2D eigenvalue weighted by atomic mass is 16.7. The zero-order valence-electron chi connectivity index (χ0n) is 15.8. The molecule has 3 rings (SSSR count). The average Bonchev–Trinajstić information content (AvgIpc) is 3.13. The lowest BCUT2D eigenvalue weighted by Gasteiger charge is -2.20. The van der Waals surface area contributed by atoms with Crippen LogP contribution in [-0.4, -0.2) is 47.0 Å². The third-order valence-electron chi connectivity index (χ3n) is 4.10. The first-order valence-electron chi connectivity index (χ1n) is 8.34. The summed E-state index contributed by atoms with van der Waals surface area (Å²) in [7, 11) is 6.27. The van der Waals surface area contributed by atoms with E-state index in [1.54, 1.807) is 34.5 Å². The van der Waals surface area contributed by atoms with Gasteiger partial charge in [0.15, 0.2) is 36.6 Å². The van der Waals surface area contributed by atoms with E-state index in [1.807, 2.05) is 30.5 Å². The second-order valence-electron chi connectivity index (χ2n) is 5.66. The van der Waals surface area contributed by atoms with Gasteiger partial charge in [0, 0.05) is 42.9 Å². The Labute approximate surface area is 157 Å². The van der Waals surface area contributed by atoms with Gasteiger partial charge in [-0.1, -0.05) is 18.2 Å². The molecule has 2 aromatic carbocycles. The summed E-state index contributed by atoms with van der Waals surface area (Å²) in [4.78, 5) is 3.27. The monoisotopic (exact) mass is 373 g/mol. The molecule has 27 heavy (non-hydrogen) atoms. The molecule has 0 fully saturated rings. The van der Waals surface area contributed by atoms with Crippen LogP contribution >= 0.6 is 0 Å². The van der Waals surface area contributed by atoms with Crippen LogP contribution < -0.4 is 18.9 Å². The standard InChI is InChI=1S/C20H23NO6/c1-22-11-26-17-9-16(24-3)20(27-12-23-2)18(19(17)25-4)14-10-21-15-8-6-5-7-13(14)15/h5-10,21H,11-12H2,1-4H3. The van der Waals surface area contributed by atoms with Crippen molar-refractivity contribution >= 4 is 10.9 Å². The van der Waals surface area contributed by atoms with Crippen molar-refractivity contribution in [3.8, 4) is 34.1 Å². The summed E-state index contributed by atoms with van der Waals surface area (Å²) >= 11 is 0. The van der Waals surface area contributed by atoms with Crippen molar-refractivity contribution in [1.29, 1.82) is 0 Å². The lowest BCUT2D eigenvalue weighted by Crippen LogP contribution is -2.06. The molecule has 1 heterocycles. The van der Waals surface area contributed by atoms with Gasteiger partial charge in [0.1, 0.15) is 0 Å². The number of aromatic nitrogens is 1. The van der Waals surface area contributed by atoms with Gasteiger partial charge in [-0.25, -0.2) is 0 Å². The van der Waals surface area contributed by atoms with Crippen molar-refractivity contribution in [2.24, 2.45) is 0 Å². The Morgan fingerprint density at radius 3 is 2.26 bits per heavy atom. The molecule has 1 aromatic heterocycles. The van der Waals surface area contributed by atoms with Gasteiger partial charge in [-0.3, -0.25) is 0 Å². The van der Waals surface area contributed by atoms with Crippen molar-refractivity contribution in [3.05, 3.63) is 36.5 Å². The minimum absolute atomic E-state index is 0.0626. The Balaban J connectivity index is 2.29. The lowest BCUT2D eigenvalue weighted by atomic mass is 10.0. The van der Waals surface area contributed by atoms with Gasteiger partial charge in [-0.2, -0.15) is 0 Å². The predicted molar refractivity (Wildman–Crippen MR) is 102 cm³/mol. The van der Waals surface area contributed by atoms with E-state index in [0.29, 0.717) is 28.6 Å². The summed E-state index contributed by atoms with van der Waals surface area (Å²) in [5, 5.41) is 1.02. The van der Waals surface area contributed by atoms with Crippen LogP contribution in [0, 0.1) is 0 Å². The normalized spacial score (nSPS) is 10.8. The van der Waals surface area contributed by atoms with Crippen LogP contribution in [-0.2, 0) is 9.47 Å². The molecule has 0 saturated heterocycles. The van der Waals surface area contributed by atoms with Crippen LogP contribution in [0.3, 0.4) is 0 Å². The Morgan fingerprint density at radius 2 is 1.56 bits per heavy atom. The van der Waals surface area contributed by atoms with E-state index in [9.17, 15) is 0 Å². The van der Waals surface area contributed by atoms with Crippen LogP contribution in [0.15, 0.2) is 36.5 Å². The zero-order chi connectivity index (χ0) is 19.2. The smallest absolute Gasteiger partial charge is 0.188 e. The SMILES string of the molecule is COCOc1cc(OC)c(OCOC)c(-c2c[nH]c3ccccc23)c1OC. The maximum atomic E-state index is 5.86. The fourth-order valence-corrected chi connectivity index (χ4v) is 2.97. The van der Waals surface area contributed by atoms with Gasteiger partial charge in [0.05, 0.1) is 19.8 Å². The fourth-order valence-electron chi connectivity index (χ4n) is 2.97. The third-order valence-corrected chi connectivity index (χ3v) is 4.10. The van der Waals surface area contributed by atoms with Crippen molar-refractivity contribution in [2.75, 3.05) is 42.0 Å². The molecule has 0 aliphatic heterocycles. The summed E-state index contributed by atoms with van der Waals surface area (Å²) in [5.41, 5.74) is 2.60. The molecular formula is C20H23NO6. The summed E-state index contributed by atoms with van der Waals surface area (Å²) in [6.45, 7) is 0.137. The topological polar surface area (TPSA) is 71.2 Å². The second kappa shape index (κ2) is 8.66. The minimum atomic E-state index is 0.0626. The van der Waals surface area contributed by atoms with Gasteiger partial charge in [0.2, 0.25) is 0 Å². The third kappa shape index (κ3) is 3.65. The largest absolute Gasteiger partial charge is 0.493 e. The van der Waals surface area contributed by atoms with Crippen LogP contribution in [0.5, 0.6) is 23.0 Å². The lowest BCUT2D eigenvalue weighted by molar-refractivity contribution is 0.0456. The van der Waals surface area contributed by atoms with Gasteiger partial charge in [0.25, 0.3) is 0 Å². The predicted octanol–water partition coefficient (Wildman–Crippen LogP) is 3.82. The fraction of sp³-hybridized carbons (Fsp3) is 0.300. The van der Waals surface area contributed by atoms with Gasteiger partial charge >= 0.3 is 0 Å². The number of H-pyrrole nitrogens is 1. The average molecular weight is 373 g/mol. The van der Waals surface area contributed by atoms with E-state index in [0.717, 1.165) is 16.5 Å². The molecule has 1 N–H and O–H groups in total. The zero-order valence-corrected chi connectivity index (χ0v) is 15.8. The van der Waals surface area contributed by atoms with E-state index >= 15 is 0 Å². The summed E-state index contributed by atoms with van der Waals surface area (Å²) in [6.07, 6.45) is 1.90. The van der Waals surface area contributed by atoms with Crippen molar-refractivity contribution in [3.63, 3.8) is 0 Å². The van der Waals surface area contributed by atoms with E-state index in [-0.39, 0.29) is 13.6 Å². The second-order valence-corrected chi connectivity index (χ2v) is 5.66. The molecule has 7 nitrogen and oxygen atoms in total. The highest BCUT2D eigenvalue weighted by molar-refractivity contribution is 6.00. The Kier molecular flexibility index (Phi) is 6.05. The molecule has 0 aliphatic rings. The van der Waals surface area contributed by atoms with Gasteiger partial charge in [-0.15, -0.1) is 0 Å². The number of para-hydroxylation sites is 1. The number of methoxy groups -OCH3 is 4.